The van der Waals surface area contributed by atoms with Crippen LogP contribution in [-0.2, 0) is 14.6 Å². The SMILES string of the molecule is CC(C)CCCCOS(=O)(=O)[O-].[Na+]. The minimum atomic E-state index is -4.47. The van der Waals surface area contributed by atoms with Crippen molar-refractivity contribution in [1.82, 2.24) is 0 Å². The van der Waals surface area contributed by atoms with E-state index in [9.17, 15) is 13.0 Å². The standard InChI is InChI=1S/C7H16O4S.Na/c1-7(2)5-3-4-6-11-12(8,9)10;/h7H,3-6H2,1-2H3,(H,8,9,10);/q;+1/p-1. The summed E-state index contributed by atoms with van der Waals surface area (Å²) in [5.41, 5.74) is 0. The van der Waals surface area contributed by atoms with Gasteiger partial charge in [0.15, 0.2) is 0 Å². The van der Waals surface area contributed by atoms with Gasteiger partial charge in [-0.3, -0.25) is 4.18 Å². The van der Waals surface area contributed by atoms with Crippen molar-refractivity contribution in [1.29, 1.82) is 0 Å². The van der Waals surface area contributed by atoms with Crippen LogP contribution in [0.1, 0.15) is 33.1 Å². The predicted molar refractivity (Wildman–Crippen MR) is 44.3 cm³/mol. The Bertz CT molecular complexity index is 201. The molecule has 0 aliphatic heterocycles. The van der Waals surface area contributed by atoms with Gasteiger partial charge in [-0.15, -0.1) is 0 Å². The molecule has 0 unspecified atom stereocenters. The van der Waals surface area contributed by atoms with Crippen LogP contribution in [-0.4, -0.2) is 19.6 Å². The minimum Gasteiger partial charge on any atom is -0.726 e. The van der Waals surface area contributed by atoms with Crippen molar-refractivity contribution in [3.8, 4) is 0 Å². The van der Waals surface area contributed by atoms with Crippen molar-refractivity contribution < 1.29 is 46.7 Å². The van der Waals surface area contributed by atoms with Crippen LogP contribution in [0.4, 0.5) is 0 Å². The normalized spacial score (nSPS) is 11.4. The zero-order chi connectivity index (χ0) is 9.61. The van der Waals surface area contributed by atoms with E-state index in [-0.39, 0.29) is 36.2 Å². The number of rotatable bonds is 6. The Labute approximate surface area is 102 Å². The molecule has 0 saturated heterocycles. The third kappa shape index (κ3) is 15.6. The van der Waals surface area contributed by atoms with Gasteiger partial charge in [-0.25, -0.2) is 8.42 Å². The summed E-state index contributed by atoms with van der Waals surface area (Å²) in [5, 5.41) is 0. The molecule has 74 valence electrons. The third-order valence-corrected chi connectivity index (χ3v) is 1.86. The summed E-state index contributed by atoms with van der Waals surface area (Å²) in [6.45, 7) is 4.19. The molecule has 4 nitrogen and oxygen atoms in total. The monoisotopic (exact) mass is 218 g/mol. The Balaban J connectivity index is 0. The van der Waals surface area contributed by atoms with Crippen LogP contribution in [0.5, 0.6) is 0 Å². The van der Waals surface area contributed by atoms with Crippen LogP contribution < -0.4 is 29.6 Å². The first kappa shape index (κ1) is 16.3. The molecule has 0 aromatic carbocycles. The Morgan fingerprint density at radius 2 is 1.85 bits per heavy atom. The van der Waals surface area contributed by atoms with Gasteiger partial charge >= 0.3 is 29.6 Å². The van der Waals surface area contributed by atoms with Gasteiger partial charge in [-0.05, 0) is 12.3 Å². The molecule has 0 fully saturated rings. The van der Waals surface area contributed by atoms with Gasteiger partial charge in [0.25, 0.3) is 0 Å². The van der Waals surface area contributed by atoms with Crippen LogP contribution in [0.2, 0.25) is 0 Å². The molecule has 0 atom stereocenters. The Morgan fingerprint density at radius 1 is 1.31 bits per heavy atom. The van der Waals surface area contributed by atoms with Gasteiger partial charge < -0.3 is 4.55 Å². The molecular weight excluding hydrogens is 203 g/mol. The molecule has 0 aromatic heterocycles. The first-order chi connectivity index (χ1) is 5.42. The van der Waals surface area contributed by atoms with Gasteiger partial charge in [-0.1, -0.05) is 26.7 Å². The van der Waals surface area contributed by atoms with E-state index in [1.165, 1.54) is 0 Å². The van der Waals surface area contributed by atoms with E-state index >= 15 is 0 Å². The summed E-state index contributed by atoms with van der Waals surface area (Å²) in [4.78, 5) is 0. The van der Waals surface area contributed by atoms with Crippen LogP contribution in [0.3, 0.4) is 0 Å². The van der Waals surface area contributed by atoms with E-state index in [0.717, 1.165) is 12.8 Å². The van der Waals surface area contributed by atoms with Gasteiger partial charge in [0, 0.05) is 0 Å². The maximum atomic E-state index is 9.95. The molecule has 0 aliphatic rings. The third-order valence-electron chi connectivity index (χ3n) is 1.40. The zero-order valence-corrected chi connectivity index (χ0v) is 11.3. The molecule has 0 saturated carbocycles. The Kier molecular flexibility index (Phi) is 10.3. The smallest absolute Gasteiger partial charge is 0.726 e. The molecular formula is C7H15NaO4S. The van der Waals surface area contributed by atoms with Gasteiger partial charge in [0.05, 0.1) is 6.61 Å². The molecule has 0 aromatic rings. The zero-order valence-electron chi connectivity index (χ0n) is 8.45. The maximum absolute atomic E-state index is 9.95. The molecule has 0 heterocycles. The first-order valence-corrected chi connectivity index (χ1v) is 5.35. The minimum absolute atomic E-state index is 0. The van der Waals surface area contributed by atoms with Crippen molar-refractivity contribution in [2.45, 2.75) is 33.1 Å². The van der Waals surface area contributed by atoms with Gasteiger partial charge in [-0.2, -0.15) is 0 Å². The van der Waals surface area contributed by atoms with Gasteiger partial charge in [0.1, 0.15) is 0 Å². The summed E-state index contributed by atoms with van der Waals surface area (Å²) in [7, 11) is -4.47. The summed E-state index contributed by atoms with van der Waals surface area (Å²) < 4.78 is 33.9. The number of unbranched alkanes of at least 4 members (excludes halogenated alkanes) is 1. The van der Waals surface area contributed by atoms with E-state index < -0.39 is 10.4 Å². The van der Waals surface area contributed by atoms with Crippen molar-refractivity contribution in [3.05, 3.63) is 0 Å². The van der Waals surface area contributed by atoms with Crippen molar-refractivity contribution in [3.63, 3.8) is 0 Å². The van der Waals surface area contributed by atoms with Crippen molar-refractivity contribution >= 4 is 10.4 Å². The van der Waals surface area contributed by atoms with Crippen LogP contribution >= 0.6 is 0 Å². The van der Waals surface area contributed by atoms with E-state index in [0.29, 0.717) is 12.3 Å². The van der Waals surface area contributed by atoms with Crippen molar-refractivity contribution in [2.75, 3.05) is 6.61 Å². The first-order valence-electron chi connectivity index (χ1n) is 4.02. The molecule has 0 amide bonds. The Hall–Kier alpha value is 0.870. The second-order valence-corrected chi connectivity index (χ2v) is 4.17. The van der Waals surface area contributed by atoms with E-state index in [1.807, 2.05) is 0 Å². The number of hydrogen-bond acceptors (Lipinski definition) is 4. The Morgan fingerprint density at radius 3 is 2.23 bits per heavy atom. The fourth-order valence-corrected chi connectivity index (χ4v) is 1.14. The molecule has 0 rings (SSSR count). The molecule has 0 spiro atoms. The second kappa shape index (κ2) is 8.20. The molecule has 0 aliphatic carbocycles. The fourth-order valence-electron chi connectivity index (χ4n) is 0.816. The summed E-state index contributed by atoms with van der Waals surface area (Å²) in [6, 6.07) is 0. The van der Waals surface area contributed by atoms with Crippen LogP contribution in [0, 0.1) is 5.92 Å². The van der Waals surface area contributed by atoms with E-state index in [1.54, 1.807) is 0 Å². The van der Waals surface area contributed by atoms with E-state index in [2.05, 4.69) is 18.0 Å². The largest absolute Gasteiger partial charge is 1.00 e. The molecule has 0 N–H and O–H groups in total. The van der Waals surface area contributed by atoms with Crippen LogP contribution in [0.15, 0.2) is 0 Å². The summed E-state index contributed by atoms with van der Waals surface area (Å²) >= 11 is 0. The second-order valence-electron chi connectivity index (χ2n) is 3.12. The predicted octanol–water partition coefficient (Wildman–Crippen LogP) is -1.71. The fraction of sp³-hybridized carbons (Fsp3) is 1.00. The quantitative estimate of drug-likeness (QED) is 0.230. The molecule has 13 heavy (non-hydrogen) atoms. The topological polar surface area (TPSA) is 66.4 Å². The summed E-state index contributed by atoms with van der Waals surface area (Å²) in [6.07, 6.45) is 2.55. The molecule has 6 heteroatoms. The summed E-state index contributed by atoms with van der Waals surface area (Å²) in [5.74, 6) is 0.605. The molecule has 0 radical (unpaired) electrons. The van der Waals surface area contributed by atoms with Crippen molar-refractivity contribution in [2.24, 2.45) is 5.92 Å². The number of hydrogen-bond donors (Lipinski definition) is 0. The van der Waals surface area contributed by atoms with Gasteiger partial charge in [0.2, 0.25) is 10.4 Å². The van der Waals surface area contributed by atoms with E-state index in [4.69, 9.17) is 0 Å². The maximum Gasteiger partial charge on any atom is 1.00 e. The average molecular weight is 218 g/mol. The average Bonchev–Trinajstić information content (AvgIpc) is 1.83. The molecule has 0 bridgehead atoms. The van der Waals surface area contributed by atoms with Crippen LogP contribution in [0.25, 0.3) is 0 Å².